The summed E-state index contributed by atoms with van der Waals surface area (Å²) in [6, 6.07) is 8.71. The summed E-state index contributed by atoms with van der Waals surface area (Å²) in [6.07, 6.45) is -0.957. The zero-order valence-electron chi connectivity index (χ0n) is 17.0. The van der Waals surface area contributed by atoms with E-state index in [1.807, 2.05) is 6.07 Å². The molecule has 1 aliphatic rings. The Labute approximate surface area is 180 Å². The van der Waals surface area contributed by atoms with Crippen molar-refractivity contribution in [2.24, 2.45) is 0 Å². The van der Waals surface area contributed by atoms with Crippen LogP contribution < -0.4 is 4.90 Å². The number of aryl methyl sites for hydroxylation is 1. The van der Waals surface area contributed by atoms with Gasteiger partial charge in [0, 0.05) is 54.1 Å². The summed E-state index contributed by atoms with van der Waals surface area (Å²) in [6.45, 7) is 2.94. The van der Waals surface area contributed by atoms with Crippen LogP contribution in [-0.4, -0.2) is 26.5 Å². The Hall–Kier alpha value is -3.62. The van der Waals surface area contributed by atoms with Crippen molar-refractivity contribution in [3.8, 4) is 11.1 Å². The standard InChI is InChI=1S/C23H17F4N5/c1-13-30-20-4-3-17(24)9-18(20)22(31-13)32-7-6-19-16(12-32)8-15(11-28-19)14-2-5-21(29-10-14)23(25,26)27/h2-5,8-11H,6-7,12H2,1H3. The van der Waals surface area contributed by atoms with Gasteiger partial charge >= 0.3 is 6.18 Å². The van der Waals surface area contributed by atoms with Gasteiger partial charge in [0.05, 0.1) is 5.52 Å². The van der Waals surface area contributed by atoms with E-state index in [4.69, 9.17) is 0 Å². The lowest BCUT2D eigenvalue weighted by atomic mass is 10.0. The molecule has 5 rings (SSSR count). The van der Waals surface area contributed by atoms with Crippen LogP contribution in [0.1, 0.15) is 22.8 Å². The van der Waals surface area contributed by atoms with E-state index in [2.05, 4.69) is 24.8 Å². The minimum absolute atomic E-state index is 0.359. The SMILES string of the molecule is Cc1nc(N2CCc3ncc(-c4ccc(C(F)(F)F)nc4)cc3C2)c2cc(F)ccc2n1. The van der Waals surface area contributed by atoms with Crippen LogP contribution in [0.4, 0.5) is 23.4 Å². The Morgan fingerprint density at radius 1 is 0.938 bits per heavy atom. The average Bonchev–Trinajstić information content (AvgIpc) is 2.77. The number of nitrogens with zero attached hydrogens (tertiary/aromatic N) is 5. The normalized spacial score (nSPS) is 14.0. The van der Waals surface area contributed by atoms with E-state index in [0.29, 0.717) is 53.2 Å². The minimum atomic E-state index is -4.48. The van der Waals surface area contributed by atoms with E-state index >= 15 is 0 Å². The molecule has 0 unspecified atom stereocenters. The maximum absolute atomic E-state index is 13.9. The number of alkyl halides is 3. The number of hydrogen-bond donors (Lipinski definition) is 0. The van der Waals surface area contributed by atoms with Crippen molar-refractivity contribution < 1.29 is 17.6 Å². The van der Waals surface area contributed by atoms with Gasteiger partial charge in [0.15, 0.2) is 0 Å². The molecule has 0 N–H and O–H groups in total. The molecule has 0 saturated carbocycles. The van der Waals surface area contributed by atoms with Gasteiger partial charge in [-0.15, -0.1) is 0 Å². The smallest absolute Gasteiger partial charge is 0.351 e. The third-order valence-corrected chi connectivity index (χ3v) is 5.48. The quantitative estimate of drug-likeness (QED) is 0.406. The molecule has 0 amide bonds. The highest BCUT2D eigenvalue weighted by atomic mass is 19.4. The minimum Gasteiger partial charge on any atom is -0.351 e. The summed E-state index contributed by atoms with van der Waals surface area (Å²) in [4.78, 5) is 19.1. The third kappa shape index (κ3) is 3.74. The predicted molar refractivity (Wildman–Crippen MR) is 111 cm³/mol. The van der Waals surface area contributed by atoms with Crippen molar-refractivity contribution in [1.29, 1.82) is 0 Å². The summed E-state index contributed by atoms with van der Waals surface area (Å²) in [5, 5.41) is 0.634. The largest absolute Gasteiger partial charge is 0.433 e. The first-order chi connectivity index (χ1) is 15.3. The van der Waals surface area contributed by atoms with Crippen molar-refractivity contribution in [2.75, 3.05) is 11.4 Å². The van der Waals surface area contributed by atoms with Gasteiger partial charge in [-0.1, -0.05) is 6.07 Å². The summed E-state index contributed by atoms with van der Waals surface area (Å²) in [7, 11) is 0. The van der Waals surface area contributed by atoms with Gasteiger partial charge in [0.1, 0.15) is 23.2 Å². The number of anilines is 1. The van der Waals surface area contributed by atoms with E-state index in [-0.39, 0.29) is 5.82 Å². The molecule has 4 aromatic rings. The lowest BCUT2D eigenvalue weighted by Gasteiger charge is -2.30. The van der Waals surface area contributed by atoms with Crippen LogP contribution in [0.3, 0.4) is 0 Å². The third-order valence-electron chi connectivity index (χ3n) is 5.48. The number of rotatable bonds is 2. The number of aromatic nitrogens is 4. The maximum atomic E-state index is 13.9. The maximum Gasteiger partial charge on any atom is 0.433 e. The molecule has 162 valence electrons. The summed E-state index contributed by atoms with van der Waals surface area (Å²) < 4.78 is 52.3. The van der Waals surface area contributed by atoms with Crippen LogP contribution >= 0.6 is 0 Å². The van der Waals surface area contributed by atoms with Crippen molar-refractivity contribution in [1.82, 2.24) is 19.9 Å². The van der Waals surface area contributed by atoms with Gasteiger partial charge in [-0.05, 0) is 42.8 Å². The molecule has 4 heterocycles. The Morgan fingerprint density at radius 3 is 2.50 bits per heavy atom. The molecule has 0 bridgehead atoms. The van der Waals surface area contributed by atoms with Crippen molar-refractivity contribution in [3.05, 3.63) is 77.4 Å². The molecule has 0 radical (unpaired) electrons. The Bertz CT molecular complexity index is 1320. The highest BCUT2D eigenvalue weighted by Crippen LogP contribution is 2.32. The summed E-state index contributed by atoms with van der Waals surface area (Å²) in [5.74, 6) is 0.884. The van der Waals surface area contributed by atoms with E-state index in [1.54, 1.807) is 19.2 Å². The molecule has 0 atom stereocenters. The molecule has 0 spiro atoms. The molecule has 1 aliphatic heterocycles. The lowest BCUT2D eigenvalue weighted by Crippen LogP contribution is -2.32. The van der Waals surface area contributed by atoms with Crippen LogP contribution in [0, 0.1) is 12.7 Å². The first-order valence-corrected chi connectivity index (χ1v) is 9.98. The second-order valence-corrected chi connectivity index (χ2v) is 7.69. The second-order valence-electron chi connectivity index (χ2n) is 7.69. The number of pyridine rings is 2. The van der Waals surface area contributed by atoms with Gasteiger partial charge in [-0.3, -0.25) is 9.97 Å². The molecule has 0 saturated heterocycles. The van der Waals surface area contributed by atoms with Crippen molar-refractivity contribution >= 4 is 16.7 Å². The molecular formula is C23H17F4N5. The van der Waals surface area contributed by atoms with Crippen molar-refractivity contribution in [3.63, 3.8) is 0 Å². The number of hydrogen-bond acceptors (Lipinski definition) is 5. The van der Waals surface area contributed by atoms with Gasteiger partial charge in [0.2, 0.25) is 0 Å². The van der Waals surface area contributed by atoms with E-state index in [0.717, 1.165) is 17.3 Å². The zero-order valence-corrected chi connectivity index (χ0v) is 17.0. The molecule has 32 heavy (non-hydrogen) atoms. The van der Waals surface area contributed by atoms with Crippen LogP contribution in [0.15, 0.2) is 48.8 Å². The lowest BCUT2D eigenvalue weighted by molar-refractivity contribution is -0.141. The van der Waals surface area contributed by atoms with Crippen LogP contribution in [-0.2, 0) is 19.1 Å². The Kier molecular flexibility index (Phi) is 4.76. The molecule has 9 heteroatoms. The molecular weight excluding hydrogens is 422 g/mol. The summed E-state index contributed by atoms with van der Waals surface area (Å²) >= 11 is 0. The highest BCUT2D eigenvalue weighted by Gasteiger charge is 2.32. The van der Waals surface area contributed by atoms with Crippen molar-refractivity contribution in [2.45, 2.75) is 26.1 Å². The Balaban J connectivity index is 1.49. The summed E-state index contributed by atoms with van der Waals surface area (Å²) in [5.41, 5.74) is 2.83. The van der Waals surface area contributed by atoms with Gasteiger partial charge < -0.3 is 4.90 Å². The fourth-order valence-corrected chi connectivity index (χ4v) is 3.94. The first kappa shape index (κ1) is 20.3. The van der Waals surface area contributed by atoms with Gasteiger partial charge in [-0.25, -0.2) is 14.4 Å². The topological polar surface area (TPSA) is 54.8 Å². The zero-order chi connectivity index (χ0) is 22.5. The fourth-order valence-electron chi connectivity index (χ4n) is 3.94. The predicted octanol–water partition coefficient (Wildman–Crippen LogP) is 5.12. The number of benzene rings is 1. The fraction of sp³-hybridized carbons (Fsp3) is 0.217. The Morgan fingerprint density at radius 2 is 1.75 bits per heavy atom. The van der Waals surface area contributed by atoms with Gasteiger partial charge in [0.25, 0.3) is 0 Å². The molecule has 1 aromatic carbocycles. The second kappa shape index (κ2) is 7.51. The van der Waals surface area contributed by atoms with Gasteiger partial charge in [-0.2, -0.15) is 13.2 Å². The van der Waals surface area contributed by atoms with Crippen LogP contribution in [0.25, 0.3) is 22.0 Å². The number of fused-ring (bicyclic) bond motifs is 2. The highest BCUT2D eigenvalue weighted by molar-refractivity contribution is 5.89. The molecule has 0 fully saturated rings. The van der Waals surface area contributed by atoms with Crippen LogP contribution in [0.5, 0.6) is 0 Å². The monoisotopic (exact) mass is 439 g/mol. The average molecular weight is 439 g/mol. The molecule has 3 aromatic heterocycles. The van der Waals surface area contributed by atoms with E-state index in [1.165, 1.54) is 24.4 Å². The van der Waals surface area contributed by atoms with E-state index < -0.39 is 11.9 Å². The molecule has 5 nitrogen and oxygen atoms in total. The first-order valence-electron chi connectivity index (χ1n) is 9.98. The van der Waals surface area contributed by atoms with E-state index in [9.17, 15) is 17.6 Å². The van der Waals surface area contributed by atoms with Crippen LogP contribution in [0.2, 0.25) is 0 Å². The molecule has 0 aliphatic carbocycles. The number of halogens is 4.